The van der Waals surface area contributed by atoms with Crippen LogP contribution in [0.25, 0.3) is 0 Å². The normalized spacial score (nSPS) is 14.5. The summed E-state index contributed by atoms with van der Waals surface area (Å²) in [6, 6.07) is 5.89. The molecule has 1 aliphatic rings. The van der Waals surface area contributed by atoms with E-state index < -0.39 is 22.6 Å². The molecule has 2 aromatic carbocycles. The highest BCUT2D eigenvalue weighted by atomic mass is 19.1. The first-order valence-corrected chi connectivity index (χ1v) is 9.60. The molecule has 0 bridgehead atoms. The zero-order valence-corrected chi connectivity index (χ0v) is 17.1. The van der Waals surface area contributed by atoms with Crippen LogP contribution >= 0.6 is 0 Å². The Morgan fingerprint density at radius 1 is 1.07 bits per heavy atom. The number of hydrogen-bond donors (Lipinski definition) is 3. The molecule has 3 aromatic rings. The maximum Gasteiger partial charge on any atom is 0.254 e. The summed E-state index contributed by atoms with van der Waals surface area (Å²) in [7, 11) is 0. The fourth-order valence-corrected chi connectivity index (χ4v) is 3.67. The van der Waals surface area contributed by atoms with Gasteiger partial charge in [-0.1, -0.05) is 20.8 Å². The molecule has 7 nitrogen and oxygen atoms in total. The molecule has 30 heavy (non-hydrogen) atoms. The van der Waals surface area contributed by atoms with Gasteiger partial charge >= 0.3 is 0 Å². The van der Waals surface area contributed by atoms with Crippen molar-refractivity contribution in [2.75, 3.05) is 10.6 Å². The molecule has 1 atom stereocenters. The molecule has 1 aromatic heterocycles. The minimum absolute atomic E-state index is 0.0473. The van der Waals surface area contributed by atoms with Crippen LogP contribution < -0.4 is 26.8 Å². The summed E-state index contributed by atoms with van der Waals surface area (Å²) in [5.41, 5.74) is -0.872. The zero-order valence-electron chi connectivity index (χ0n) is 17.1. The minimum atomic E-state index is -0.697. The third-order valence-corrected chi connectivity index (χ3v) is 5.28. The standard InChI is InChI=1S/C22H22FN3O4/c1-10-5-8-14(30-10)20(22(2,3)4)26-17-16(18(27)19(17)28)25-13-7-6-12(23)11-9-24-21(29)15(11)13/h5-8,20,25-26H,9H2,1-4H3,(H,24,29). The number of carbonyl (C=O) groups excluding carboxylic acids is 1. The lowest BCUT2D eigenvalue weighted by Gasteiger charge is -2.31. The van der Waals surface area contributed by atoms with Crippen LogP contribution in [0.3, 0.4) is 0 Å². The van der Waals surface area contributed by atoms with E-state index in [1.807, 2.05) is 39.8 Å². The number of hydrogen-bond acceptors (Lipinski definition) is 6. The molecular formula is C22H22FN3O4. The number of anilines is 3. The average molecular weight is 411 g/mol. The molecule has 4 rings (SSSR count). The Labute approximate surface area is 172 Å². The van der Waals surface area contributed by atoms with E-state index in [0.717, 1.165) is 5.76 Å². The summed E-state index contributed by atoms with van der Waals surface area (Å²) in [6.45, 7) is 7.86. The predicted octanol–water partition coefficient (Wildman–Crippen LogP) is 3.51. The lowest BCUT2D eigenvalue weighted by Crippen LogP contribution is -2.39. The summed E-state index contributed by atoms with van der Waals surface area (Å²) < 4.78 is 19.8. The van der Waals surface area contributed by atoms with Gasteiger partial charge in [0.1, 0.15) is 28.7 Å². The Balaban J connectivity index is 1.70. The van der Waals surface area contributed by atoms with E-state index in [1.165, 1.54) is 12.1 Å². The van der Waals surface area contributed by atoms with Gasteiger partial charge in [0, 0.05) is 12.1 Å². The first kappa shape index (κ1) is 19.9. The Hall–Kier alpha value is -3.42. The number of furan rings is 1. The number of fused-ring (bicyclic) bond motifs is 1. The fraction of sp³-hybridized carbons (Fsp3) is 0.318. The third kappa shape index (κ3) is 3.18. The quantitative estimate of drug-likeness (QED) is 0.556. The summed E-state index contributed by atoms with van der Waals surface area (Å²) in [4.78, 5) is 36.8. The molecule has 0 spiro atoms. The Morgan fingerprint density at radius 2 is 1.77 bits per heavy atom. The molecule has 2 heterocycles. The largest absolute Gasteiger partial charge is 0.464 e. The topological polar surface area (TPSA) is 100 Å². The number of halogens is 1. The Bertz CT molecular complexity index is 1230. The molecule has 8 heteroatoms. The Kier molecular flexibility index (Phi) is 4.52. The zero-order chi connectivity index (χ0) is 21.8. The SMILES string of the molecule is Cc1ccc(C(Nc2c(Nc3ccc(F)c4c3C(=O)NC4)c(=O)c2=O)C(C)(C)C)o1. The lowest BCUT2D eigenvalue weighted by molar-refractivity contribution is 0.0966. The van der Waals surface area contributed by atoms with Gasteiger partial charge in [-0.3, -0.25) is 14.4 Å². The summed E-state index contributed by atoms with van der Waals surface area (Å²) >= 11 is 0. The van der Waals surface area contributed by atoms with Crippen LogP contribution in [0.5, 0.6) is 0 Å². The predicted molar refractivity (Wildman–Crippen MR) is 111 cm³/mol. The maximum atomic E-state index is 14.0. The van der Waals surface area contributed by atoms with Crippen molar-refractivity contribution in [1.29, 1.82) is 0 Å². The van der Waals surface area contributed by atoms with Gasteiger partial charge in [-0.15, -0.1) is 0 Å². The monoisotopic (exact) mass is 411 g/mol. The number of benzene rings is 1. The van der Waals surface area contributed by atoms with Gasteiger partial charge in [0.2, 0.25) is 0 Å². The average Bonchev–Trinajstić information content (AvgIpc) is 3.28. The first-order valence-electron chi connectivity index (χ1n) is 9.60. The molecule has 0 aliphatic carbocycles. The van der Waals surface area contributed by atoms with Crippen LogP contribution in [0.4, 0.5) is 21.5 Å². The molecule has 0 radical (unpaired) electrons. The molecule has 0 saturated carbocycles. The van der Waals surface area contributed by atoms with Gasteiger partial charge in [0.25, 0.3) is 16.8 Å². The van der Waals surface area contributed by atoms with Crippen molar-refractivity contribution in [3.05, 3.63) is 73.2 Å². The van der Waals surface area contributed by atoms with Crippen LogP contribution in [0, 0.1) is 18.2 Å². The second-order valence-electron chi connectivity index (χ2n) is 8.56. The molecular weight excluding hydrogens is 389 g/mol. The van der Waals surface area contributed by atoms with Gasteiger partial charge in [0.15, 0.2) is 0 Å². The summed E-state index contributed by atoms with van der Waals surface area (Å²) in [6.07, 6.45) is 0. The lowest BCUT2D eigenvalue weighted by atomic mass is 9.85. The van der Waals surface area contributed by atoms with Gasteiger partial charge < -0.3 is 20.4 Å². The number of rotatable bonds is 5. The summed E-state index contributed by atoms with van der Waals surface area (Å²) in [5, 5.41) is 8.58. The molecule has 0 saturated heterocycles. The van der Waals surface area contributed by atoms with Crippen molar-refractivity contribution in [2.24, 2.45) is 5.41 Å². The number of nitrogens with one attached hydrogen (secondary N) is 3. The highest BCUT2D eigenvalue weighted by Gasteiger charge is 2.34. The van der Waals surface area contributed by atoms with Crippen LogP contribution in [-0.2, 0) is 6.54 Å². The number of amides is 1. The summed E-state index contributed by atoms with van der Waals surface area (Å²) in [5.74, 6) is 0.440. The van der Waals surface area contributed by atoms with E-state index in [-0.39, 0.29) is 46.2 Å². The molecule has 3 N–H and O–H groups in total. The van der Waals surface area contributed by atoms with Crippen LogP contribution in [-0.4, -0.2) is 5.91 Å². The second-order valence-corrected chi connectivity index (χ2v) is 8.56. The molecule has 1 unspecified atom stereocenters. The van der Waals surface area contributed by atoms with Gasteiger partial charge in [-0.25, -0.2) is 4.39 Å². The van der Waals surface area contributed by atoms with E-state index in [1.54, 1.807) is 0 Å². The van der Waals surface area contributed by atoms with Crippen molar-refractivity contribution < 1.29 is 13.6 Å². The molecule has 1 amide bonds. The van der Waals surface area contributed by atoms with Crippen molar-refractivity contribution in [3.63, 3.8) is 0 Å². The van der Waals surface area contributed by atoms with E-state index in [2.05, 4.69) is 16.0 Å². The van der Waals surface area contributed by atoms with Crippen molar-refractivity contribution in [2.45, 2.75) is 40.3 Å². The van der Waals surface area contributed by atoms with Crippen molar-refractivity contribution >= 4 is 23.0 Å². The van der Waals surface area contributed by atoms with Crippen LogP contribution in [0.15, 0.2) is 38.3 Å². The van der Waals surface area contributed by atoms with E-state index >= 15 is 0 Å². The number of carbonyl (C=O) groups is 1. The number of aryl methyl sites for hydroxylation is 1. The molecule has 1 aliphatic heterocycles. The second kappa shape index (κ2) is 6.83. The van der Waals surface area contributed by atoms with Gasteiger partial charge in [-0.2, -0.15) is 0 Å². The van der Waals surface area contributed by atoms with Crippen LogP contribution in [0.1, 0.15) is 54.3 Å². The fourth-order valence-electron chi connectivity index (χ4n) is 3.67. The molecule has 156 valence electrons. The third-order valence-electron chi connectivity index (χ3n) is 5.28. The van der Waals surface area contributed by atoms with Gasteiger partial charge in [0.05, 0.1) is 17.3 Å². The Morgan fingerprint density at radius 3 is 2.40 bits per heavy atom. The smallest absolute Gasteiger partial charge is 0.254 e. The van der Waals surface area contributed by atoms with E-state index in [9.17, 15) is 18.8 Å². The van der Waals surface area contributed by atoms with E-state index in [0.29, 0.717) is 5.76 Å². The van der Waals surface area contributed by atoms with Crippen molar-refractivity contribution in [1.82, 2.24) is 5.32 Å². The first-order chi connectivity index (χ1) is 14.1. The minimum Gasteiger partial charge on any atom is -0.464 e. The van der Waals surface area contributed by atoms with Crippen LogP contribution in [0.2, 0.25) is 0 Å². The highest BCUT2D eigenvalue weighted by Crippen LogP contribution is 2.38. The maximum absolute atomic E-state index is 14.0. The van der Waals surface area contributed by atoms with Crippen molar-refractivity contribution in [3.8, 4) is 0 Å². The highest BCUT2D eigenvalue weighted by molar-refractivity contribution is 6.04. The van der Waals surface area contributed by atoms with Gasteiger partial charge in [-0.05, 0) is 36.6 Å². The van der Waals surface area contributed by atoms with E-state index in [4.69, 9.17) is 4.42 Å². The molecule has 0 fully saturated rings.